The van der Waals surface area contributed by atoms with E-state index >= 15 is 0 Å². The van der Waals surface area contributed by atoms with Gasteiger partial charge in [-0.2, -0.15) is 0 Å². The van der Waals surface area contributed by atoms with E-state index < -0.39 is 36.9 Å². The second-order valence-corrected chi connectivity index (χ2v) is 9.05. The van der Waals surface area contributed by atoms with Crippen LogP contribution in [0.2, 0.25) is 0 Å². The number of hydrogen-bond donors (Lipinski definition) is 2. The molecule has 8 heteroatoms. The standard InChI is InChI=1S/C20H23F2NO.C6H11F2NO/c21-20(22,16-24-15-18-9-5-2-6-10-18)19-11-12-23(14-19)13-17-7-3-1-4-8-17;7-6(8,4-10)5-1-2-9-3-5/h1-10,19H,11-16H2;5,9-10H,1-4H2. The molecule has 2 N–H and O–H groups in total. The number of aliphatic hydroxyl groups is 1. The van der Waals surface area contributed by atoms with Crippen LogP contribution >= 0.6 is 0 Å². The van der Waals surface area contributed by atoms with Crippen molar-refractivity contribution in [3.8, 4) is 0 Å². The van der Waals surface area contributed by atoms with Crippen molar-refractivity contribution in [2.24, 2.45) is 11.8 Å². The lowest BCUT2D eigenvalue weighted by Gasteiger charge is -2.24. The van der Waals surface area contributed by atoms with Gasteiger partial charge in [0, 0.05) is 31.5 Å². The van der Waals surface area contributed by atoms with Gasteiger partial charge in [0.2, 0.25) is 0 Å². The van der Waals surface area contributed by atoms with Crippen molar-refractivity contribution in [1.29, 1.82) is 0 Å². The Hall–Kier alpha value is -2.00. The summed E-state index contributed by atoms with van der Waals surface area (Å²) in [5.41, 5.74) is 2.09. The molecule has 0 aliphatic carbocycles. The number of nitrogens with one attached hydrogen (secondary N) is 1. The highest BCUT2D eigenvalue weighted by Crippen LogP contribution is 2.33. The van der Waals surface area contributed by atoms with Gasteiger partial charge in [0.15, 0.2) is 0 Å². The molecule has 0 spiro atoms. The molecule has 2 aromatic carbocycles. The van der Waals surface area contributed by atoms with E-state index in [4.69, 9.17) is 9.84 Å². The number of rotatable bonds is 9. The number of halogens is 4. The van der Waals surface area contributed by atoms with Crippen LogP contribution in [0.5, 0.6) is 0 Å². The summed E-state index contributed by atoms with van der Waals surface area (Å²) in [6, 6.07) is 19.4. The minimum absolute atomic E-state index is 0.233. The largest absolute Gasteiger partial charge is 0.390 e. The number of aliphatic hydroxyl groups excluding tert-OH is 1. The van der Waals surface area contributed by atoms with Crippen LogP contribution in [0, 0.1) is 11.8 Å². The average Bonchev–Trinajstić information content (AvgIpc) is 3.54. The van der Waals surface area contributed by atoms with Crippen LogP contribution in [0.15, 0.2) is 60.7 Å². The third-order valence-corrected chi connectivity index (χ3v) is 6.39. The minimum Gasteiger partial charge on any atom is -0.390 e. The third-order valence-electron chi connectivity index (χ3n) is 6.39. The molecule has 0 saturated carbocycles. The molecule has 34 heavy (non-hydrogen) atoms. The monoisotopic (exact) mass is 482 g/mol. The van der Waals surface area contributed by atoms with Gasteiger partial charge in [0.05, 0.1) is 6.61 Å². The summed E-state index contributed by atoms with van der Waals surface area (Å²) in [6.45, 7) is 1.54. The van der Waals surface area contributed by atoms with Crippen molar-refractivity contribution in [3.05, 3.63) is 71.8 Å². The SMILES string of the molecule is FC(F)(COCc1ccccc1)C1CCN(Cc2ccccc2)C1.OCC(F)(F)C1CCNC1. The van der Waals surface area contributed by atoms with Gasteiger partial charge in [-0.15, -0.1) is 0 Å². The summed E-state index contributed by atoms with van der Waals surface area (Å²) in [7, 11) is 0. The van der Waals surface area contributed by atoms with E-state index in [1.165, 1.54) is 5.56 Å². The van der Waals surface area contributed by atoms with Crippen LogP contribution in [-0.4, -0.2) is 61.2 Å². The fraction of sp³-hybridized carbons (Fsp3) is 0.538. The van der Waals surface area contributed by atoms with Gasteiger partial charge >= 0.3 is 0 Å². The molecule has 2 atom stereocenters. The van der Waals surface area contributed by atoms with Crippen molar-refractivity contribution in [2.75, 3.05) is 39.4 Å². The predicted molar refractivity (Wildman–Crippen MR) is 124 cm³/mol. The first-order valence-corrected chi connectivity index (χ1v) is 11.8. The van der Waals surface area contributed by atoms with Crippen LogP contribution < -0.4 is 5.32 Å². The maximum absolute atomic E-state index is 14.4. The molecule has 4 rings (SSSR count). The number of benzene rings is 2. The Balaban J connectivity index is 0.000000271. The van der Waals surface area contributed by atoms with Gasteiger partial charge in [-0.3, -0.25) is 4.90 Å². The zero-order chi connectivity index (χ0) is 24.4. The average molecular weight is 483 g/mol. The quantitative estimate of drug-likeness (QED) is 0.514. The van der Waals surface area contributed by atoms with E-state index in [9.17, 15) is 17.6 Å². The summed E-state index contributed by atoms with van der Waals surface area (Å²) in [5, 5.41) is 11.1. The highest BCUT2D eigenvalue weighted by Gasteiger charge is 2.43. The second-order valence-electron chi connectivity index (χ2n) is 9.05. The lowest BCUT2D eigenvalue weighted by atomic mass is 10.0. The number of nitrogens with zero attached hydrogens (tertiary/aromatic N) is 1. The van der Waals surface area contributed by atoms with Gasteiger partial charge in [-0.05, 0) is 37.1 Å². The molecule has 0 radical (unpaired) electrons. The number of hydrogen-bond acceptors (Lipinski definition) is 4. The number of ether oxygens (including phenoxy) is 1. The fourth-order valence-electron chi connectivity index (χ4n) is 4.30. The van der Waals surface area contributed by atoms with E-state index in [1.807, 2.05) is 60.7 Å². The highest BCUT2D eigenvalue weighted by atomic mass is 19.3. The molecule has 2 saturated heterocycles. The molecular weight excluding hydrogens is 448 g/mol. The van der Waals surface area contributed by atoms with Crippen LogP contribution in [0.3, 0.4) is 0 Å². The molecule has 0 amide bonds. The van der Waals surface area contributed by atoms with Crippen LogP contribution in [0.4, 0.5) is 17.6 Å². The zero-order valence-electron chi connectivity index (χ0n) is 19.3. The van der Waals surface area contributed by atoms with E-state index in [0.29, 0.717) is 39.0 Å². The molecule has 2 aromatic rings. The topological polar surface area (TPSA) is 44.7 Å². The summed E-state index contributed by atoms with van der Waals surface area (Å²) < 4.78 is 59.2. The van der Waals surface area contributed by atoms with Crippen molar-refractivity contribution < 1.29 is 27.4 Å². The van der Waals surface area contributed by atoms with E-state index in [0.717, 1.165) is 12.1 Å². The van der Waals surface area contributed by atoms with Crippen molar-refractivity contribution in [3.63, 3.8) is 0 Å². The molecule has 2 fully saturated rings. The molecule has 2 aliphatic rings. The lowest BCUT2D eigenvalue weighted by Crippen LogP contribution is -2.35. The molecule has 0 aromatic heterocycles. The first kappa shape index (κ1) is 26.6. The molecular formula is C26H34F4N2O2. The normalized spacial score (nSPS) is 21.3. The fourth-order valence-corrected chi connectivity index (χ4v) is 4.30. The van der Waals surface area contributed by atoms with E-state index in [-0.39, 0.29) is 6.61 Å². The molecule has 0 bridgehead atoms. The maximum Gasteiger partial charge on any atom is 0.275 e. The van der Waals surface area contributed by atoms with Crippen molar-refractivity contribution in [1.82, 2.24) is 10.2 Å². The van der Waals surface area contributed by atoms with Gasteiger partial charge in [-0.1, -0.05) is 60.7 Å². The van der Waals surface area contributed by atoms with E-state index in [1.54, 1.807) is 0 Å². The third kappa shape index (κ3) is 8.05. The Labute approximate surface area is 198 Å². The first-order chi connectivity index (χ1) is 16.3. The minimum atomic E-state index is -2.89. The second kappa shape index (κ2) is 12.6. The molecule has 188 valence electrons. The summed E-state index contributed by atoms with van der Waals surface area (Å²) in [5.74, 6) is -6.96. The Morgan fingerprint density at radius 3 is 2.12 bits per heavy atom. The van der Waals surface area contributed by atoms with Crippen molar-refractivity contribution in [2.45, 2.75) is 37.8 Å². The zero-order valence-corrected chi connectivity index (χ0v) is 19.3. The maximum atomic E-state index is 14.4. The predicted octanol–water partition coefficient (Wildman–Crippen LogP) is 4.58. The molecule has 2 unspecified atom stereocenters. The Morgan fingerprint density at radius 2 is 1.53 bits per heavy atom. The Bertz CT molecular complexity index is 833. The molecule has 2 heterocycles. The van der Waals surface area contributed by atoms with Crippen LogP contribution in [-0.2, 0) is 17.9 Å². The van der Waals surface area contributed by atoms with Crippen LogP contribution in [0.25, 0.3) is 0 Å². The molecule has 2 aliphatic heterocycles. The van der Waals surface area contributed by atoms with Crippen LogP contribution in [0.1, 0.15) is 24.0 Å². The van der Waals surface area contributed by atoms with Gasteiger partial charge in [-0.25, -0.2) is 17.6 Å². The Morgan fingerprint density at radius 1 is 0.882 bits per heavy atom. The molecule has 4 nitrogen and oxygen atoms in total. The summed E-state index contributed by atoms with van der Waals surface area (Å²) in [6.07, 6.45) is 0.988. The summed E-state index contributed by atoms with van der Waals surface area (Å²) >= 11 is 0. The summed E-state index contributed by atoms with van der Waals surface area (Å²) in [4.78, 5) is 2.10. The first-order valence-electron chi connectivity index (χ1n) is 11.8. The number of alkyl halides is 4. The highest BCUT2D eigenvalue weighted by molar-refractivity contribution is 5.15. The number of likely N-dealkylation sites (tertiary alicyclic amines) is 1. The lowest BCUT2D eigenvalue weighted by molar-refractivity contribution is -0.118. The van der Waals surface area contributed by atoms with Crippen molar-refractivity contribution >= 4 is 0 Å². The van der Waals surface area contributed by atoms with Gasteiger partial charge in [0.25, 0.3) is 11.8 Å². The van der Waals surface area contributed by atoms with Gasteiger partial charge in [0.1, 0.15) is 13.2 Å². The smallest absolute Gasteiger partial charge is 0.275 e. The van der Waals surface area contributed by atoms with Gasteiger partial charge < -0.3 is 15.2 Å². The Kier molecular flexibility index (Phi) is 9.88. The van der Waals surface area contributed by atoms with E-state index in [2.05, 4.69) is 10.2 Å².